The lowest BCUT2D eigenvalue weighted by molar-refractivity contribution is -0.139. The monoisotopic (exact) mass is 438 g/mol. The Bertz CT molecular complexity index is 1020. The summed E-state index contributed by atoms with van der Waals surface area (Å²) in [5, 5.41) is 0. The fraction of sp³-hybridized carbons (Fsp3) is 0.360. The summed E-state index contributed by atoms with van der Waals surface area (Å²) >= 11 is 0. The average Bonchev–Trinajstić information content (AvgIpc) is 3.00. The number of ether oxygens (including phenoxy) is 2. The second-order valence-corrected chi connectivity index (χ2v) is 8.17. The number of morpholine rings is 1. The Morgan fingerprint density at radius 3 is 2.19 bits per heavy atom. The molecule has 6 nitrogen and oxygen atoms in total. The number of hydrogen-bond acceptors (Lipinski definition) is 5. The Labute approximate surface area is 187 Å². The van der Waals surface area contributed by atoms with Gasteiger partial charge in [-0.15, -0.1) is 0 Å². The van der Waals surface area contributed by atoms with Crippen molar-refractivity contribution in [1.82, 2.24) is 9.80 Å². The molecule has 2 aliphatic rings. The zero-order valence-electron chi connectivity index (χ0n) is 18.5. The molecular formula is C25H27FN2O4. The van der Waals surface area contributed by atoms with E-state index in [0.29, 0.717) is 47.8 Å². The number of carbonyl (C=O) groups is 2. The number of nitrogens with zero attached hydrogens (tertiary/aromatic N) is 2. The zero-order valence-corrected chi connectivity index (χ0v) is 18.5. The fourth-order valence-electron chi connectivity index (χ4n) is 4.28. The molecule has 0 radical (unpaired) electrons. The van der Waals surface area contributed by atoms with Crippen molar-refractivity contribution in [2.75, 3.05) is 19.7 Å². The van der Waals surface area contributed by atoms with Crippen LogP contribution in [0.2, 0.25) is 0 Å². The van der Waals surface area contributed by atoms with Gasteiger partial charge in [0, 0.05) is 13.1 Å². The molecular weight excluding hydrogens is 411 g/mol. The molecule has 2 aliphatic heterocycles. The summed E-state index contributed by atoms with van der Waals surface area (Å²) in [6.07, 6.45) is -0.135. The van der Waals surface area contributed by atoms with E-state index < -0.39 is 0 Å². The van der Waals surface area contributed by atoms with E-state index in [0.717, 1.165) is 0 Å². The first kappa shape index (κ1) is 22.0. The first-order chi connectivity index (χ1) is 15.4. The van der Waals surface area contributed by atoms with Gasteiger partial charge in [0.1, 0.15) is 17.3 Å². The van der Waals surface area contributed by atoms with Crippen LogP contribution in [0.25, 0.3) is 5.57 Å². The van der Waals surface area contributed by atoms with Gasteiger partial charge in [-0.3, -0.25) is 14.5 Å². The molecule has 0 aromatic heterocycles. The molecule has 2 aromatic carbocycles. The van der Waals surface area contributed by atoms with Gasteiger partial charge in [0.05, 0.1) is 30.9 Å². The molecule has 0 aliphatic carbocycles. The summed E-state index contributed by atoms with van der Waals surface area (Å²) in [7, 11) is 0. The molecule has 1 fully saturated rings. The Hall–Kier alpha value is -3.19. The van der Waals surface area contributed by atoms with E-state index in [2.05, 4.69) is 0 Å². The van der Waals surface area contributed by atoms with Crippen LogP contribution in [-0.2, 0) is 20.9 Å². The third-order valence-corrected chi connectivity index (χ3v) is 5.59. The SMILES string of the molecule is CCOc1ccc(C2=C(N3CC(C)OC(C)C3)C(=O)N(Cc3ccc(F)cc3)C2=O)cc1. The van der Waals surface area contributed by atoms with Crippen molar-refractivity contribution >= 4 is 17.4 Å². The molecule has 0 saturated carbocycles. The Kier molecular flexibility index (Phi) is 6.28. The maximum Gasteiger partial charge on any atom is 0.278 e. The minimum absolute atomic E-state index is 0.0677. The zero-order chi connectivity index (χ0) is 22.8. The van der Waals surface area contributed by atoms with Gasteiger partial charge in [0.15, 0.2) is 0 Å². The molecule has 0 spiro atoms. The van der Waals surface area contributed by atoms with Crippen molar-refractivity contribution in [2.24, 2.45) is 0 Å². The van der Waals surface area contributed by atoms with Gasteiger partial charge in [-0.05, 0) is 56.2 Å². The molecule has 7 heteroatoms. The molecule has 32 heavy (non-hydrogen) atoms. The first-order valence-electron chi connectivity index (χ1n) is 10.9. The molecule has 4 rings (SSSR count). The standard InChI is InChI=1S/C25H27FN2O4/c1-4-31-21-11-7-19(8-12-21)22-23(27-13-16(2)32-17(3)14-27)25(30)28(24(22)29)15-18-5-9-20(26)10-6-18/h5-12,16-17H,4,13-15H2,1-3H3. The number of carbonyl (C=O) groups excluding carboxylic acids is 2. The number of benzene rings is 2. The highest BCUT2D eigenvalue weighted by molar-refractivity contribution is 6.35. The van der Waals surface area contributed by atoms with Crippen molar-refractivity contribution in [3.8, 4) is 5.75 Å². The number of hydrogen-bond donors (Lipinski definition) is 0. The lowest BCUT2D eigenvalue weighted by atomic mass is 10.0. The van der Waals surface area contributed by atoms with Crippen LogP contribution in [0.4, 0.5) is 4.39 Å². The fourth-order valence-corrected chi connectivity index (χ4v) is 4.28. The third kappa shape index (κ3) is 4.39. The number of imide groups is 1. The quantitative estimate of drug-likeness (QED) is 0.645. The van der Waals surface area contributed by atoms with Crippen LogP contribution in [-0.4, -0.2) is 53.5 Å². The maximum absolute atomic E-state index is 13.5. The summed E-state index contributed by atoms with van der Waals surface area (Å²) in [6.45, 7) is 7.47. The number of rotatable bonds is 6. The van der Waals surface area contributed by atoms with E-state index in [4.69, 9.17) is 9.47 Å². The topological polar surface area (TPSA) is 59.1 Å². The minimum atomic E-state index is -0.363. The molecule has 168 valence electrons. The second-order valence-electron chi connectivity index (χ2n) is 8.17. The van der Waals surface area contributed by atoms with Gasteiger partial charge in [-0.2, -0.15) is 0 Å². The highest BCUT2D eigenvalue weighted by atomic mass is 19.1. The predicted octanol–water partition coefficient (Wildman–Crippen LogP) is 3.61. The van der Waals surface area contributed by atoms with E-state index in [1.54, 1.807) is 36.4 Å². The van der Waals surface area contributed by atoms with Crippen LogP contribution in [0.1, 0.15) is 31.9 Å². The van der Waals surface area contributed by atoms with E-state index >= 15 is 0 Å². The van der Waals surface area contributed by atoms with Gasteiger partial charge in [-0.25, -0.2) is 4.39 Å². The summed E-state index contributed by atoms with van der Waals surface area (Å²) in [5.41, 5.74) is 2.11. The van der Waals surface area contributed by atoms with Gasteiger partial charge in [0.25, 0.3) is 11.8 Å². The van der Waals surface area contributed by atoms with E-state index in [9.17, 15) is 14.0 Å². The molecule has 2 amide bonds. The van der Waals surface area contributed by atoms with Crippen LogP contribution < -0.4 is 4.74 Å². The van der Waals surface area contributed by atoms with Gasteiger partial charge in [-0.1, -0.05) is 24.3 Å². The number of halogens is 1. The van der Waals surface area contributed by atoms with Crippen LogP contribution >= 0.6 is 0 Å². The van der Waals surface area contributed by atoms with Crippen molar-refractivity contribution in [3.05, 3.63) is 71.2 Å². The molecule has 2 aromatic rings. The van der Waals surface area contributed by atoms with Crippen LogP contribution in [0.5, 0.6) is 5.75 Å². The molecule has 2 heterocycles. The summed E-state index contributed by atoms with van der Waals surface area (Å²) < 4.78 is 24.7. The normalized spacial score (nSPS) is 21.5. The van der Waals surface area contributed by atoms with Crippen LogP contribution in [0.15, 0.2) is 54.2 Å². The molecule has 0 N–H and O–H groups in total. The van der Waals surface area contributed by atoms with Crippen molar-refractivity contribution < 1.29 is 23.5 Å². The van der Waals surface area contributed by atoms with Crippen molar-refractivity contribution in [1.29, 1.82) is 0 Å². The summed E-state index contributed by atoms with van der Waals surface area (Å²) in [6, 6.07) is 13.0. The highest BCUT2D eigenvalue weighted by Gasteiger charge is 2.43. The van der Waals surface area contributed by atoms with Gasteiger partial charge < -0.3 is 14.4 Å². The van der Waals surface area contributed by atoms with Crippen LogP contribution in [0, 0.1) is 5.82 Å². The summed E-state index contributed by atoms with van der Waals surface area (Å²) in [4.78, 5) is 30.2. The van der Waals surface area contributed by atoms with E-state index in [1.807, 2.05) is 25.7 Å². The Morgan fingerprint density at radius 2 is 1.59 bits per heavy atom. The minimum Gasteiger partial charge on any atom is -0.494 e. The first-order valence-corrected chi connectivity index (χ1v) is 10.9. The number of amides is 2. The Balaban J connectivity index is 1.72. The third-order valence-electron chi connectivity index (χ3n) is 5.59. The summed E-state index contributed by atoms with van der Waals surface area (Å²) in [5.74, 6) is -0.361. The van der Waals surface area contributed by atoms with E-state index in [-0.39, 0.29) is 36.4 Å². The Morgan fingerprint density at radius 1 is 0.969 bits per heavy atom. The van der Waals surface area contributed by atoms with Gasteiger partial charge >= 0.3 is 0 Å². The predicted molar refractivity (Wildman–Crippen MR) is 118 cm³/mol. The lowest BCUT2D eigenvalue weighted by Gasteiger charge is -2.37. The highest BCUT2D eigenvalue weighted by Crippen LogP contribution is 2.34. The van der Waals surface area contributed by atoms with Crippen LogP contribution in [0.3, 0.4) is 0 Å². The van der Waals surface area contributed by atoms with E-state index in [1.165, 1.54) is 17.0 Å². The van der Waals surface area contributed by atoms with Crippen molar-refractivity contribution in [3.63, 3.8) is 0 Å². The maximum atomic E-state index is 13.5. The molecule has 1 saturated heterocycles. The van der Waals surface area contributed by atoms with Crippen molar-refractivity contribution in [2.45, 2.75) is 39.5 Å². The second kappa shape index (κ2) is 9.12. The van der Waals surface area contributed by atoms with Gasteiger partial charge in [0.2, 0.25) is 0 Å². The average molecular weight is 438 g/mol. The molecule has 2 atom stereocenters. The molecule has 2 unspecified atom stereocenters. The smallest absolute Gasteiger partial charge is 0.278 e. The lowest BCUT2D eigenvalue weighted by Crippen LogP contribution is -2.46. The largest absolute Gasteiger partial charge is 0.494 e. The molecule has 0 bridgehead atoms.